The number of halogens is 2. The third-order valence-electron chi connectivity index (χ3n) is 7.18. The predicted octanol–water partition coefficient (Wildman–Crippen LogP) is 5.61. The van der Waals surface area contributed by atoms with Crippen molar-refractivity contribution in [3.63, 3.8) is 0 Å². The lowest BCUT2D eigenvalue weighted by Gasteiger charge is -2.48. The highest BCUT2D eigenvalue weighted by atomic mass is 79.9. The molecule has 0 bridgehead atoms. The van der Waals surface area contributed by atoms with Gasteiger partial charge in [-0.05, 0) is 61.0 Å². The van der Waals surface area contributed by atoms with E-state index in [9.17, 15) is 9.90 Å². The Hall–Kier alpha value is -0.350. The first-order valence-corrected chi connectivity index (χ1v) is 11.3. The molecule has 4 heteroatoms. The van der Waals surface area contributed by atoms with Crippen LogP contribution in [0, 0.1) is 17.3 Å². The fraction of sp³-hybridized carbons (Fsp3) is 0.650. The van der Waals surface area contributed by atoms with E-state index in [0.717, 1.165) is 49.7 Å². The van der Waals surface area contributed by atoms with Crippen molar-refractivity contribution in [2.45, 2.75) is 62.0 Å². The molecule has 0 spiro atoms. The van der Waals surface area contributed by atoms with Crippen LogP contribution in [0.5, 0.6) is 5.75 Å². The summed E-state index contributed by atoms with van der Waals surface area (Å²) in [6, 6.07) is 2.24. The van der Waals surface area contributed by atoms with Crippen molar-refractivity contribution in [2.24, 2.45) is 17.3 Å². The van der Waals surface area contributed by atoms with Gasteiger partial charge in [-0.3, -0.25) is 4.79 Å². The fourth-order valence-electron chi connectivity index (χ4n) is 5.88. The van der Waals surface area contributed by atoms with Gasteiger partial charge in [0.25, 0.3) is 0 Å². The molecular weight excluding hydrogens is 432 g/mol. The Labute approximate surface area is 160 Å². The molecule has 3 aliphatic carbocycles. The van der Waals surface area contributed by atoms with E-state index in [1.165, 1.54) is 11.1 Å². The molecule has 2 nitrogen and oxygen atoms in total. The Kier molecular flexibility index (Phi) is 4.36. The molecule has 0 aliphatic heterocycles. The van der Waals surface area contributed by atoms with Crippen LogP contribution in [-0.2, 0) is 21.9 Å². The molecule has 3 aliphatic rings. The molecule has 0 heterocycles. The van der Waals surface area contributed by atoms with Gasteiger partial charge in [0, 0.05) is 33.6 Å². The lowest BCUT2D eigenvalue weighted by molar-refractivity contribution is -0.129. The minimum absolute atomic E-state index is 0.0634. The van der Waals surface area contributed by atoms with Crippen molar-refractivity contribution >= 4 is 37.6 Å². The van der Waals surface area contributed by atoms with E-state index in [2.05, 4.69) is 44.8 Å². The second kappa shape index (κ2) is 6.12. The van der Waals surface area contributed by atoms with E-state index in [1.54, 1.807) is 0 Å². The molecule has 130 valence electrons. The highest BCUT2D eigenvalue weighted by Crippen LogP contribution is 2.60. The van der Waals surface area contributed by atoms with Crippen molar-refractivity contribution in [1.82, 2.24) is 0 Å². The van der Waals surface area contributed by atoms with Crippen LogP contribution in [0.2, 0.25) is 0 Å². The van der Waals surface area contributed by atoms with E-state index >= 15 is 0 Å². The zero-order valence-electron chi connectivity index (χ0n) is 14.1. The number of phenols is 1. The number of alkyl halides is 2. The average Bonchev–Trinajstić information content (AvgIpc) is 2.89. The molecule has 1 aromatic rings. The fourth-order valence-corrected chi connectivity index (χ4v) is 6.92. The van der Waals surface area contributed by atoms with Crippen molar-refractivity contribution in [1.29, 1.82) is 0 Å². The smallest absolute Gasteiger partial charge is 0.139 e. The number of aromatic hydroxyl groups is 1. The van der Waals surface area contributed by atoms with Gasteiger partial charge in [-0.1, -0.05) is 44.8 Å². The maximum absolute atomic E-state index is 12.5. The Morgan fingerprint density at radius 2 is 2.00 bits per heavy atom. The summed E-state index contributed by atoms with van der Waals surface area (Å²) in [5.41, 5.74) is 4.83. The SMILES string of the molecule is C[C@]12CC[C@@H]3c4cc(CBr)c(O)c(CBr)c4CC[C@H]3[C@@H]1CCC2=O. The predicted molar refractivity (Wildman–Crippen MR) is 103 cm³/mol. The van der Waals surface area contributed by atoms with Crippen molar-refractivity contribution in [2.75, 3.05) is 0 Å². The van der Waals surface area contributed by atoms with Gasteiger partial charge >= 0.3 is 0 Å². The second-order valence-electron chi connectivity index (χ2n) is 8.03. The lowest BCUT2D eigenvalue weighted by atomic mass is 9.55. The minimum Gasteiger partial charge on any atom is -0.507 e. The molecule has 4 rings (SSSR count). The molecule has 1 aromatic carbocycles. The number of rotatable bonds is 2. The largest absolute Gasteiger partial charge is 0.507 e. The van der Waals surface area contributed by atoms with Gasteiger partial charge in [0.1, 0.15) is 11.5 Å². The lowest BCUT2D eigenvalue weighted by Crippen LogP contribution is -2.42. The maximum Gasteiger partial charge on any atom is 0.139 e. The van der Waals surface area contributed by atoms with E-state index in [1.807, 2.05) is 0 Å². The Morgan fingerprint density at radius 3 is 2.71 bits per heavy atom. The number of hydrogen-bond acceptors (Lipinski definition) is 2. The standard InChI is InChI=1S/C20H24Br2O2/c1-20-7-6-13-14(17(20)4-5-18(20)23)3-2-12-15(13)8-11(9-21)19(24)16(12)10-22/h8,13-14,17,24H,2-7,9-10H2,1H3/t13-,14+,17-,20-/m0/s1. The molecule has 2 fully saturated rings. The zero-order valence-corrected chi connectivity index (χ0v) is 17.2. The van der Waals surface area contributed by atoms with E-state index < -0.39 is 0 Å². The van der Waals surface area contributed by atoms with E-state index in [-0.39, 0.29) is 5.41 Å². The molecule has 1 N–H and O–H groups in total. The number of carbonyl (C=O) groups is 1. The summed E-state index contributed by atoms with van der Waals surface area (Å²) in [5, 5.41) is 12.0. The van der Waals surface area contributed by atoms with Gasteiger partial charge in [0.15, 0.2) is 0 Å². The molecule has 24 heavy (non-hydrogen) atoms. The molecule has 2 saturated carbocycles. The number of fused-ring (bicyclic) bond motifs is 5. The van der Waals surface area contributed by atoms with Crippen LogP contribution < -0.4 is 0 Å². The summed E-state index contributed by atoms with van der Waals surface area (Å²) in [6.45, 7) is 2.23. The van der Waals surface area contributed by atoms with Gasteiger partial charge in [0.05, 0.1) is 0 Å². The Morgan fingerprint density at radius 1 is 1.21 bits per heavy atom. The van der Waals surface area contributed by atoms with Crippen LogP contribution in [0.4, 0.5) is 0 Å². The van der Waals surface area contributed by atoms with E-state index in [4.69, 9.17) is 0 Å². The van der Waals surface area contributed by atoms with Crippen LogP contribution in [0.15, 0.2) is 6.07 Å². The monoisotopic (exact) mass is 454 g/mol. The van der Waals surface area contributed by atoms with Crippen LogP contribution in [0.3, 0.4) is 0 Å². The normalized spacial score (nSPS) is 34.6. The molecule has 4 atom stereocenters. The van der Waals surface area contributed by atoms with Crippen LogP contribution in [0.1, 0.15) is 67.2 Å². The quantitative estimate of drug-likeness (QED) is 0.588. The van der Waals surface area contributed by atoms with Crippen LogP contribution in [-0.4, -0.2) is 10.9 Å². The second-order valence-corrected chi connectivity index (χ2v) is 9.15. The highest BCUT2D eigenvalue weighted by molar-refractivity contribution is 9.08. The first kappa shape index (κ1) is 17.1. The minimum atomic E-state index is -0.0634. The first-order valence-electron chi connectivity index (χ1n) is 9.03. The maximum atomic E-state index is 12.5. The number of phenolic OH excluding ortho intramolecular Hbond substituents is 1. The van der Waals surface area contributed by atoms with Crippen molar-refractivity contribution in [3.05, 3.63) is 28.3 Å². The third kappa shape index (κ3) is 2.28. The number of carbonyl (C=O) groups excluding carboxylic acids is 1. The van der Waals surface area contributed by atoms with Crippen LogP contribution >= 0.6 is 31.9 Å². The summed E-state index contributed by atoms with van der Waals surface area (Å²) in [7, 11) is 0. The number of benzene rings is 1. The van der Waals surface area contributed by atoms with Crippen molar-refractivity contribution in [3.8, 4) is 5.75 Å². The van der Waals surface area contributed by atoms with Gasteiger partial charge in [-0.2, -0.15) is 0 Å². The molecule has 0 amide bonds. The Balaban J connectivity index is 1.79. The van der Waals surface area contributed by atoms with Crippen LogP contribution in [0.25, 0.3) is 0 Å². The molecular formula is C20H24Br2O2. The molecule has 0 saturated heterocycles. The summed E-state index contributed by atoms with van der Waals surface area (Å²) in [4.78, 5) is 12.5. The first-order chi connectivity index (χ1) is 11.5. The molecule has 0 unspecified atom stereocenters. The topological polar surface area (TPSA) is 37.3 Å². The molecule has 0 radical (unpaired) electrons. The number of Topliss-reactive ketones (excluding diaryl/α,β-unsaturated/α-hetero) is 1. The zero-order chi connectivity index (χ0) is 17.1. The van der Waals surface area contributed by atoms with Gasteiger partial charge in [-0.25, -0.2) is 0 Å². The summed E-state index contributed by atoms with van der Waals surface area (Å²) >= 11 is 7.11. The number of hydrogen-bond donors (Lipinski definition) is 1. The summed E-state index contributed by atoms with van der Waals surface area (Å²) < 4.78 is 0. The average molecular weight is 456 g/mol. The highest BCUT2D eigenvalue weighted by Gasteiger charge is 2.54. The number of ketones is 1. The Bertz CT molecular complexity index is 699. The van der Waals surface area contributed by atoms with Gasteiger partial charge < -0.3 is 5.11 Å². The van der Waals surface area contributed by atoms with Crippen molar-refractivity contribution < 1.29 is 9.90 Å². The molecule has 0 aromatic heterocycles. The third-order valence-corrected chi connectivity index (χ3v) is 8.35. The summed E-state index contributed by atoms with van der Waals surface area (Å²) in [6.07, 6.45) is 6.22. The van der Waals surface area contributed by atoms with Gasteiger partial charge in [-0.15, -0.1) is 0 Å². The van der Waals surface area contributed by atoms with E-state index in [0.29, 0.717) is 39.9 Å². The summed E-state index contributed by atoms with van der Waals surface area (Å²) in [5.74, 6) is 2.72. The van der Waals surface area contributed by atoms with Gasteiger partial charge in [0.2, 0.25) is 0 Å².